The van der Waals surface area contributed by atoms with Gasteiger partial charge >= 0.3 is 0 Å². The monoisotopic (exact) mass is 413 g/mol. The number of hydrogen-bond donors (Lipinski definition) is 1. The standard InChI is InChI=1S/C23H31N3O4/c1-25(2)19-8-5-17(6-9-19)20(26-11-13-30-14-12-26)16-24-23(27)18-7-10-21(28-3)22(15-18)29-4/h5-10,15,20H,11-14,16H2,1-4H3,(H,24,27)/t20-/m0/s1. The maximum Gasteiger partial charge on any atom is 0.251 e. The van der Waals surface area contributed by atoms with Crippen LogP contribution in [0, 0.1) is 0 Å². The first kappa shape index (κ1) is 21.9. The van der Waals surface area contributed by atoms with Gasteiger partial charge in [0, 0.05) is 45.0 Å². The molecule has 0 bridgehead atoms. The Morgan fingerprint density at radius 1 is 1.07 bits per heavy atom. The molecule has 7 nitrogen and oxygen atoms in total. The molecule has 162 valence electrons. The highest BCUT2D eigenvalue weighted by Gasteiger charge is 2.23. The number of carbonyl (C=O) groups is 1. The number of rotatable bonds is 8. The van der Waals surface area contributed by atoms with Crippen LogP contribution in [0.2, 0.25) is 0 Å². The van der Waals surface area contributed by atoms with Crippen molar-refractivity contribution in [2.24, 2.45) is 0 Å². The van der Waals surface area contributed by atoms with Gasteiger partial charge in [-0.05, 0) is 35.9 Å². The first-order valence-electron chi connectivity index (χ1n) is 10.1. The summed E-state index contributed by atoms with van der Waals surface area (Å²) in [6.07, 6.45) is 0. The SMILES string of the molecule is COc1ccc(C(=O)NC[C@@H](c2ccc(N(C)C)cc2)N2CCOCC2)cc1OC. The Kier molecular flexibility index (Phi) is 7.54. The van der Waals surface area contributed by atoms with E-state index < -0.39 is 0 Å². The van der Waals surface area contributed by atoms with Gasteiger partial charge in [0.15, 0.2) is 11.5 Å². The van der Waals surface area contributed by atoms with Crippen molar-refractivity contribution in [2.75, 3.05) is 66.1 Å². The maximum atomic E-state index is 12.8. The van der Waals surface area contributed by atoms with Crippen molar-refractivity contribution in [3.63, 3.8) is 0 Å². The van der Waals surface area contributed by atoms with E-state index in [4.69, 9.17) is 14.2 Å². The van der Waals surface area contributed by atoms with Crippen molar-refractivity contribution in [3.8, 4) is 11.5 Å². The summed E-state index contributed by atoms with van der Waals surface area (Å²) in [6, 6.07) is 13.8. The summed E-state index contributed by atoms with van der Waals surface area (Å²) in [5, 5.41) is 3.09. The fourth-order valence-corrected chi connectivity index (χ4v) is 3.61. The molecule has 1 atom stereocenters. The summed E-state index contributed by atoms with van der Waals surface area (Å²) in [5.74, 6) is 0.995. The third-order valence-corrected chi connectivity index (χ3v) is 5.38. The molecule has 1 N–H and O–H groups in total. The summed E-state index contributed by atoms with van der Waals surface area (Å²) >= 11 is 0. The van der Waals surface area contributed by atoms with Gasteiger partial charge in [-0.2, -0.15) is 0 Å². The fraction of sp³-hybridized carbons (Fsp3) is 0.435. The molecule has 0 unspecified atom stereocenters. The average Bonchev–Trinajstić information content (AvgIpc) is 2.79. The van der Waals surface area contributed by atoms with Gasteiger partial charge in [-0.1, -0.05) is 12.1 Å². The van der Waals surface area contributed by atoms with Gasteiger partial charge in [-0.25, -0.2) is 0 Å². The molecule has 3 rings (SSSR count). The minimum atomic E-state index is -0.140. The molecule has 0 radical (unpaired) electrons. The molecule has 1 aliphatic heterocycles. The lowest BCUT2D eigenvalue weighted by molar-refractivity contribution is 0.0162. The predicted molar refractivity (Wildman–Crippen MR) is 118 cm³/mol. The van der Waals surface area contributed by atoms with Gasteiger partial charge in [0.2, 0.25) is 0 Å². The van der Waals surface area contributed by atoms with Crippen molar-refractivity contribution < 1.29 is 19.0 Å². The van der Waals surface area contributed by atoms with Gasteiger partial charge in [-0.3, -0.25) is 9.69 Å². The molecular formula is C23H31N3O4. The summed E-state index contributed by atoms with van der Waals surface area (Å²) in [6.45, 7) is 3.60. The Morgan fingerprint density at radius 3 is 2.33 bits per heavy atom. The highest BCUT2D eigenvalue weighted by atomic mass is 16.5. The van der Waals surface area contributed by atoms with Crippen LogP contribution in [-0.2, 0) is 4.74 Å². The molecule has 0 spiro atoms. The van der Waals surface area contributed by atoms with E-state index in [0.717, 1.165) is 18.8 Å². The maximum absolute atomic E-state index is 12.8. The molecule has 0 aromatic heterocycles. The third kappa shape index (κ3) is 5.23. The lowest BCUT2D eigenvalue weighted by atomic mass is 10.0. The Labute approximate surface area is 178 Å². The molecule has 1 saturated heterocycles. The van der Waals surface area contributed by atoms with Crippen LogP contribution >= 0.6 is 0 Å². The van der Waals surface area contributed by atoms with Crippen LogP contribution in [0.5, 0.6) is 11.5 Å². The molecule has 1 amide bonds. The number of benzene rings is 2. The van der Waals surface area contributed by atoms with Gasteiger partial charge in [0.1, 0.15) is 0 Å². The fourth-order valence-electron chi connectivity index (χ4n) is 3.61. The average molecular weight is 414 g/mol. The Bertz CT molecular complexity index is 833. The van der Waals surface area contributed by atoms with Crippen LogP contribution in [-0.4, -0.2) is 72.0 Å². The van der Waals surface area contributed by atoms with Crippen LogP contribution in [0.1, 0.15) is 22.0 Å². The number of methoxy groups -OCH3 is 2. The lowest BCUT2D eigenvalue weighted by Gasteiger charge is -2.35. The van der Waals surface area contributed by atoms with E-state index in [1.54, 1.807) is 32.4 Å². The second-order valence-electron chi connectivity index (χ2n) is 7.43. The molecule has 2 aromatic carbocycles. The molecule has 7 heteroatoms. The zero-order chi connectivity index (χ0) is 21.5. The number of carbonyl (C=O) groups excluding carboxylic acids is 1. The number of anilines is 1. The van der Waals surface area contributed by atoms with Gasteiger partial charge in [-0.15, -0.1) is 0 Å². The smallest absolute Gasteiger partial charge is 0.251 e. The number of nitrogens with one attached hydrogen (secondary N) is 1. The van der Waals surface area contributed by atoms with E-state index in [0.29, 0.717) is 36.8 Å². The molecular weight excluding hydrogens is 382 g/mol. The van der Waals surface area contributed by atoms with Crippen LogP contribution in [0.4, 0.5) is 5.69 Å². The lowest BCUT2D eigenvalue weighted by Crippen LogP contribution is -2.43. The highest BCUT2D eigenvalue weighted by Crippen LogP contribution is 2.28. The van der Waals surface area contributed by atoms with Crippen molar-refractivity contribution in [1.82, 2.24) is 10.2 Å². The molecule has 0 aliphatic carbocycles. The summed E-state index contributed by atoms with van der Waals surface area (Å²) in [7, 11) is 7.19. The van der Waals surface area contributed by atoms with Crippen LogP contribution < -0.4 is 19.7 Å². The molecule has 1 aliphatic rings. The summed E-state index contributed by atoms with van der Waals surface area (Å²) in [4.78, 5) is 17.3. The molecule has 0 saturated carbocycles. The van der Waals surface area contributed by atoms with E-state index in [1.807, 2.05) is 14.1 Å². The second kappa shape index (κ2) is 10.3. The first-order chi connectivity index (χ1) is 14.5. The Balaban J connectivity index is 1.75. The second-order valence-corrected chi connectivity index (χ2v) is 7.43. The van der Waals surface area contributed by atoms with E-state index in [9.17, 15) is 4.79 Å². The van der Waals surface area contributed by atoms with E-state index in [1.165, 1.54) is 5.56 Å². The Hall–Kier alpha value is -2.77. The topological polar surface area (TPSA) is 63.3 Å². The normalized spacial score (nSPS) is 15.3. The van der Waals surface area contributed by atoms with Gasteiger partial charge < -0.3 is 24.4 Å². The first-order valence-corrected chi connectivity index (χ1v) is 10.1. The minimum Gasteiger partial charge on any atom is -0.493 e. The third-order valence-electron chi connectivity index (χ3n) is 5.38. The number of ether oxygens (including phenoxy) is 3. The minimum absolute atomic E-state index is 0.0780. The number of amides is 1. The van der Waals surface area contributed by atoms with Crippen molar-refractivity contribution in [1.29, 1.82) is 0 Å². The van der Waals surface area contributed by atoms with Crippen LogP contribution in [0.25, 0.3) is 0 Å². The number of morpholine rings is 1. The van der Waals surface area contributed by atoms with Crippen LogP contribution in [0.15, 0.2) is 42.5 Å². The predicted octanol–water partition coefficient (Wildman–Crippen LogP) is 2.57. The van der Waals surface area contributed by atoms with Crippen LogP contribution in [0.3, 0.4) is 0 Å². The van der Waals surface area contributed by atoms with Gasteiger partial charge in [0.25, 0.3) is 5.91 Å². The molecule has 2 aromatic rings. The van der Waals surface area contributed by atoms with E-state index in [2.05, 4.69) is 39.4 Å². The number of hydrogen-bond acceptors (Lipinski definition) is 6. The highest BCUT2D eigenvalue weighted by molar-refractivity contribution is 5.94. The molecule has 30 heavy (non-hydrogen) atoms. The van der Waals surface area contributed by atoms with E-state index >= 15 is 0 Å². The largest absolute Gasteiger partial charge is 0.493 e. The number of nitrogens with zero attached hydrogens (tertiary/aromatic N) is 2. The summed E-state index contributed by atoms with van der Waals surface area (Å²) in [5.41, 5.74) is 2.86. The summed E-state index contributed by atoms with van der Waals surface area (Å²) < 4.78 is 16.1. The van der Waals surface area contributed by atoms with Gasteiger partial charge in [0.05, 0.1) is 33.5 Å². The zero-order valence-corrected chi connectivity index (χ0v) is 18.2. The van der Waals surface area contributed by atoms with E-state index in [-0.39, 0.29) is 11.9 Å². The Morgan fingerprint density at radius 2 is 1.73 bits per heavy atom. The van der Waals surface area contributed by atoms with Crippen molar-refractivity contribution >= 4 is 11.6 Å². The molecule has 1 fully saturated rings. The quantitative estimate of drug-likeness (QED) is 0.718. The van der Waals surface area contributed by atoms with Crippen molar-refractivity contribution in [2.45, 2.75) is 6.04 Å². The zero-order valence-electron chi connectivity index (χ0n) is 18.2. The van der Waals surface area contributed by atoms with Crippen molar-refractivity contribution in [3.05, 3.63) is 53.6 Å². The molecule has 1 heterocycles.